The highest BCUT2D eigenvalue weighted by Crippen LogP contribution is 2.31. The average Bonchev–Trinajstić information content (AvgIpc) is 2.72. The van der Waals surface area contributed by atoms with E-state index in [0.29, 0.717) is 0 Å². The van der Waals surface area contributed by atoms with Gasteiger partial charge in [0.05, 0.1) is 0 Å². The predicted molar refractivity (Wildman–Crippen MR) is 112 cm³/mol. The Morgan fingerprint density at radius 2 is 1.19 bits per heavy atom. The van der Waals surface area contributed by atoms with Gasteiger partial charge in [-0.25, -0.2) is 0 Å². The van der Waals surface area contributed by atoms with Crippen LogP contribution in [0.2, 0.25) is 0 Å². The zero-order valence-electron chi connectivity index (χ0n) is 15.2. The van der Waals surface area contributed by atoms with E-state index in [2.05, 4.69) is 112 Å². The SMILES string of the molecule is CN1CCCN(c2ccccc2)B1N(c1ccccc1)c1ccccc1. The largest absolute Gasteiger partial charge is 0.475 e. The third-order valence-electron chi connectivity index (χ3n) is 4.97. The Morgan fingerprint density at radius 3 is 1.73 bits per heavy atom. The highest BCUT2D eigenvalue weighted by molar-refractivity contribution is 6.66. The van der Waals surface area contributed by atoms with Gasteiger partial charge in [-0.3, -0.25) is 0 Å². The summed E-state index contributed by atoms with van der Waals surface area (Å²) >= 11 is 0. The topological polar surface area (TPSA) is 9.72 Å². The lowest BCUT2D eigenvalue weighted by molar-refractivity contribution is 0.469. The molecule has 0 atom stereocenters. The third-order valence-corrected chi connectivity index (χ3v) is 4.97. The van der Waals surface area contributed by atoms with Gasteiger partial charge in [0.2, 0.25) is 0 Å². The first-order chi connectivity index (χ1) is 12.8. The standard InChI is InChI=1S/C22H24BN3/c1-24-18-11-19-25(20-12-5-2-6-13-20)23(24)26(21-14-7-3-8-15-21)22-16-9-4-10-17-22/h2-10,12-17H,11,18-19H2,1H3. The molecule has 4 rings (SSSR count). The van der Waals surface area contributed by atoms with Gasteiger partial charge in [-0.2, -0.15) is 0 Å². The minimum atomic E-state index is 0.135. The lowest BCUT2D eigenvalue weighted by Crippen LogP contribution is -2.64. The monoisotopic (exact) mass is 341 g/mol. The zero-order chi connectivity index (χ0) is 17.8. The normalized spacial score (nSPS) is 15.1. The van der Waals surface area contributed by atoms with Gasteiger partial charge in [-0.15, -0.1) is 0 Å². The molecule has 0 saturated carbocycles. The molecule has 4 heteroatoms. The van der Waals surface area contributed by atoms with Crippen LogP contribution in [0.25, 0.3) is 0 Å². The van der Waals surface area contributed by atoms with E-state index in [1.807, 2.05) is 0 Å². The molecule has 1 aliphatic heterocycles. The molecule has 3 aromatic rings. The molecule has 0 bridgehead atoms. The Bertz CT molecular complexity index is 771. The zero-order valence-corrected chi connectivity index (χ0v) is 15.2. The second-order valence-corrected chi connectivity index (χ2v) is 6.75. The van der Waals surface area contributed by atoms with Crippen LogP contribution in [0.5, 0.6) is 0 Å². The van der Waals surface area contributed by atoms with Gasteiger partial charge >= 0.3 is 7.12 Å². The lowest BCUT2D eigenvalue weighted by Gasteiger charge is -2.46. The van der Waals surface area contributed by atoms with Crippen molar-refractivity contribution in [3.8, 4) is 0 Å². The molecule has 0 aromatic heterocycles. The first-order valence-corrected chi connectivity index (χ1v) is 9.26. The van der Waals surface area contributed by atoms with Gasteiger partial charge in [-0.1, -0.05) is 54.6 Å². The van der Waals surface area contributed by atoms with Crippen LogP contribution in [-0.2, 0) is 0 Å². The lowest BCUT2D eigenvalue weighted by atomic mass is 9.78. The highest BCUT2D eigenvalue weighted by Gasteiger charge is 2.39. The second kappa shape index (κ2) is 7.67. The quantitative estimate of drug-likeness (QED) is 0.640. The summed E-state index contributed by atoms with van der Waals surface area (Å²) in [5, 5.41) is 0. The van der Waals surface area contributed by atoms with Crippen LogP contribution in [0.3, 0.4) is 0 Å². The second-order valence-electron chi connectivity index (χ2n) is 6.75. The smallest absolute Gasteiger partial charge is 0.381 e. The summed E-state index contributed by atoms with van der Waals surface area (Å²) in [5.41, 5.74) is 3.68. The molecule has 3 nitrogen and oxygen atoms in total. The van der Waals surface area contributed by atoms with Crippen molar-refractivity contribution >= 4 is 24.2 Å². The third kappa shape index (κ3) is 3.33. The van der Waals surface area contributed by atoms with E-state index in [4.69, 9.17) is 0 Å². The number of anilines is 3. The summed E-state index contributed by atoms with van der Waals surface area (Å²) in [5.74, 6) is 0. The summed E-state index contributed by atoms with van der Waals surface area (Å²) in [6, 6.07) is 32.1. The van der Waals surface area contributed by atoms with Gasteiger partial charge in [0.15, 0.2) is 0 Å². The van der Waals surface area contributed by atoms with Crippen molar-refractivity contribution in [3.05, 3.63) is 91.0 Å². The maximum absolute atomic E-state index is 2.50. The molecule has 0 spiro atoms. The first-order valence-electron chi connectivity index (χ1n) is 9.26. The fourth-order valence-electron chi connectivity index (χ4n) is 3.77. The maximum atomic E-state index is 2.50. The van der Waals surface area contributed by atoms with Crippen LogP contribution >= 0.6 is 0 Å². The molecule has 130 valence electrons. The van der Waals surface area contributed by atoms with Crippen molar-refractivity contribution in [2.45, 2.75) is 6.42 Å². The summed E-state index contributed by atoms with van der Waals surface area (Å²) < 4.78 is 0. The minimum Gasteiger partial charge on any atom is -0.381 e. The minimum absolute atomic E-state index is 0.135. The molecular weight excluding hydrogens is 317 g/mol. The van der Waals surface area contributed by atoms with E-state index in [1.54, 1.807) is 0 Å². The van der Waals surface area contributed by atoms with E-state index in [9.17, 15) is 0 Å². The Labute approximate surface area is 156 Å². The molecule has 1 heterocycles. The number of hydrogen-bond acceptors (Lipinski definition) is 3. The van der Waals surface area contributed by atoms with Crippen molar-refractivity contribution in [2.24, 2.45) is 0 Å². The van der Waals surface area contributed by atoms with Gasteiger partial charge < -0.3 is 14.4 Å². The van der Waals surface area contributed by atoms with Crippen LogP contribution in [0.4, 0.5) is 17.1 Å². The van der Waals surface area contributed by atoms with Crippen LogP contribution in [0, 0.1) is 0 Å². The molecule has 0 unspecified atom stereocenters. The number of nitrogens with zero attached hydrogens (tertiary/aromatic N) is 3. The molecule has 1 fully saturated rings. The van der Waals surface area contributed by atoms with Crippen LogP contribution in [-0.4, -0.2) is 32.1 Å². The Hall–Kier alpha value is -2.72. The van der Waals surface area contributed by atoms with E-state index in [0.717, 1.165) is 13.1 Å². The van der Waals surface area contributed by atoms with E-state index >= 15 is 0 Å². The average molecular weight is 341 g/mol. The number of benzene rings is 3. The van der Waals surface area contributed by atoms with Crippen molar-refractivity contribution in [2.75, 3.05) is 29.8 Å². The Morgan fingerprint density at radius 1 is 0.692 bits per heavy atom. The highest BCUT2D eigenvalue weighted by atomic mass is 15.4. The fraction of sp³-hybridized carbons (Fsp3) is 0.182. The van der Waals surface area contributed by atoms with Gasteiger partial charge in [-0.05, 0) is 56.4 Å². The molecule has 1 saturated heterocycles. The van der Waals surface area contributed by atoms with Gasteiger partial charge in [0, 0.05) is 23.6 Å². The van der Waals surface area contributed by atoms with Gasteiger partial charge in [0.1, 0.15) is 0 Å². The predicted octanol–water partition coefficient (Wildman–Crippen LogP) is 4.65. The van der Waals surface area contributed by atoms with Crippen molar-refractivity contribution in [1.82, 2.24) is 4.81 Å². The Kier molecular flexibility index (Phi) is 4.94. The van der Waals surface area contributed by atoms with Crippen LogP contribution in [0.1, 0.15) is 6.42 Å². The molecule has 1 aliphatic rings. The summed E-state index contributed by atoms with van der Waals surface area (Å²) in [7, 11) is 2.36. The molecular formula is C22H24BN3. The van der Waals surface area contributed by atoms with Gasteiger partial charge in [0.25, 0.3) is 0 Å². The molecule has 0 amide bonds. The fourth-order valence-corrected chi connectivity index (χ4v) is 3.77. The molecule has 0 N–H and O–H groups in total. The molecule has 3 aromatic carbocycles. The van der Waals surface area contributed by atoms with E-state index in [1.165, 1.54) is 23.5 Å². The number of para-hydroxylation sites is 3. The first kappa shape index (κ1) is 16.7. The summed E-state index contributed by atoms with van der Waals surface area (Å²) in [4.78, 5) is 7.38. The van der Waals surface area contributed by atoms with Crippen molar-refractivity contribution < 1.29 is 0 Å². The van der Waals surface area contributed by atoms with Crippen LogP contribution in [0.15, 0.2) is 91.0 Å². The van der Waals surface area contributed by atoms with E-state index < -0.39 is 0 Å². The van der Waals surface area contributed by atoms with Crippen molar-refractivity contribution in [3.63, 3.8) is 0 Å². The molecule has 0 radical (unpaired) electrons. The molecule has 26 heavy (non-hydrogen) atoms. The maximum Gasteiger partial charge on any atom is 0.475 e. The summed E-state index contributed by atoms with van der Waals surface area (Å²) in [6.07, 6.45) is 1.17. The Balaban J connectivity index is 1.82. The molecule has 0 aliphatic carbocycles. The van der Waals surface area contributed by atoms with Crippen molar-refractivity contribution in [1.29, 1.82) is 0 Å². The summed E-state index contributed by atoms with van der Waals surface area (Å²) in [6.45, 7) is 2.14. The van der Waals surface area contributed by atoms with Crippen LogP contribution < -0.4 is 9.62 Å². The van der Waals surface area contributed by atoms with E-state index in [-0.39, 0.29) is 7.12 Å². The number of rotatable bonds is 4. The number of hydrogen-bond donors (Lipinski definition) is 0.